The van der Waals surface area contributed by atoms with Gasteiger partial charge in [0.1, 0.15) is 17.3 Å². The van der Waals surface area contributed by atoms with Gasteiger partial charge in [-0.15, -0.1) is 0 Å². The summed E-state index contributed by atoms with van der Waals surface area (Å²) in [5.41, 5.74) is 1.78. The molecule has 5 N–H and O–H groups in total. The summed E-state index contributed by atoms with van der Waals surface area (Å²) in [6, 6.07) is 15.8. The summed E-state index contributed by atoms with van der Waals surface area (Å²) in [6.07, 6.45) is 34.7. The van der Waals surface area contributed by atoms with Gasteiger partial charge in [-0.25, -0.2) is 0 Å². The molecule has 2 heterocycles. The molecule has 0 amide bonds. The molecule has 2 aromatic heterocycles. The van der Waals surface area contributed by atoms with Crippen molar-refractivity contribution in [2.45, 2.75) is 201 Å². The first-order chi connectivity index (χ1) is 35.1. The van der Waals surface area contributed by atoms with E-state index in [9.17, 15) is 0 Å². The Bertz CT molecular complexity index is 1680. The van der Waals surface area contributed by atoms with E-state index >= 15 is 0 Å². The van der Waals surface area contributed by atoms with Crippen LogP contribution in [0.1, 0.15) is 207 Å². The van der Waals surface area contributed by atoms with Crippen molar-refractivity contribution in [3.8, 4) is 11.5 Å². The lowest BCUT2D eigenvalue weighted by molar-refractivity contribution is 0.107. The number of ether oxygens (including phenoxy) is 3. The molecule has 0 unspecified atom stereocenters. The molecule has 4 rings (SSSR count). The molecule has 0 spiro atoms. The average Bonchev–Trinajstić information content (AvgIpc) is 3.38. The molecule has 71 heavy (non-hydrogen) atoms. The van der Waals surface area contributed by atoms with Crippen LogP contribution in [0.3, 0.4) is 0 Å². The van der Waals surface area contributed by atoms with Gasteiger partial charge in [0, 0.05) is 63.5 Å². The zero-order valence-electron chi connectivity index (χ0n) is 44.6. The monoisotopic (exact) mass is 981 g/mol. The number of unbranched alkanes of at least 4 members (excludes halogenated alkanes) is 21. The van der Waals surface area contributed by atoms with Crippen molar-refractivity contribution < 1.29 is 14.2 Å². The molecule has 0 saturated heterocycles. The highest BCUT2D eigenvalue weighted by molar-refractivity contribution is 5.57. The van der Waals surface area contributed by atoms with Crippen molar-refractivity contribution in [2.24, 2.45) is 0 Å². The van der Waals surface area contributed by atoms with Gasteiger partial charge in [-0.1, -0.05) is 163 Å². The first-order valence-corrected chi connectivity index (χ1v) is 28.2. The molecular weight excluding hydrogens is 887 g/mol. The molecule has 2 aromatic carbocycles. The van der Waals surface area contributed by atoms with Crippen molar-refractivity contribution in [1.82, 2.24) is 29.9 Å². The van der Waals surface area contributed by atoms with E-state index in [1.54, 1.807) is 0 Å². The molecule has 0 aliphatic heterocycles. The Morgan fingerprint density at radius 2 is 0.690 bits per heavy atom. The van der Waals surface area contributed by atoms with Crippen LogP contribution in [0.25, 0.3) is 0 Å². The highest BCUT2D eigenvalue weighted by atomic mass is 16.5. The van der Waals surface area contributed by atoms with Crippen molar-refractivity contribution in [3.05, 3.63) is 60.8 Å². The lowest BCUT2D eigenvalue weighted by Crippen LogP contribution is -2.12. The third-order valence-electron chi connectivity index (χ3n) is 12.2. The number of aromatic nitrogens is 6. The van der Waals surface area contributed by atoms with Crippen LogP contribution >= 0.6 is 0 Å². The van der Waals surface area contributed by atoms with E-state index in [-0.39, 0.29) is 0 Å². The Kier molecular flexibility index (Phi) is 32.7. The Hall–Kier alpha value is -4.98. The highest BCUT2D eigenvalue weighted by Crippen LogP contribution is 2.22. The van der Waals surface area contributed by atoms with Crippen LogP contribution in [-0.4, -0.2) is 76.0 Å². The number of nitrogens with zero attached hydrogens (tertiary/aromatic N) is 6. The first-order valence-electron chi connectivity index (χ1n) is 28.2. The maximum absolute atomic E-state index is 6.02. The van der Waals surface area contributed by atoms with E-state index in [1.807, 2.05) is 48.5 Å². The van der Waals surface area contributed by atoms with Gasteiger partial charge >= 0.3 is 0 Å². The number of anilines is 7. The number of nitrogens with one attached hydrogen (secondary N) is 5. The van der Waals surface area contributed by atoms with E-state index in [0.717, 1.165) is 87.5 Å². The van der Waals surface area contributed by atoms with Crippen LogP contribution in [0.5, 0.6) is 11.5 Å². The fourth-order valence-corrected chi connectivity index (χ4v) is 8.01. The molecule has 0 aliphatic rings. The fourth-order valence-electron chi connectivity index (χ4n) is 8.01. The quantitative estimate of drug-likeness (QED) is 0.0266. The number of hydrogen-bond donors (Lipinski definition) is 5. The number of hydrogen-bond acceptors (Lipinski definition) is 14. The largest absolute Gasteiger partial charge is 0.494 e. The second kappa shape index (κ2) is 39.6. The van der Waals surface area contributed by atoms with Gasteiger partial charge in [0.05, 0.1) is 13.2 Å². The van der Waals surface area contributed by atoms with E-state index in [4.69, 9.17) is 39.1 Å². The molecule has 14 heteroatoms. The Balaban J connectivity index is 1.12. The zero-order valence-corrected chi connectivity index (χ0v) is 44.6. The smallest absolute Gasteiger partial charge is 0.233 e. The van der Waals surface area contributed by atoms with Gasteiger partial charge in [0.25, 0.3) is 0 Å². The third-order valence-corrected chi connectivity index (χ3v) is 12.2. The number of rotatable bonds is 46. The zero-order chi connectivity index (χ0) is 50.1. The Morgan fingerprint density at radius 3 is 1.11 bits per heavy atom. The van der Waals surface area contributed by atoms with E-state index in [2.05, 4.69) is 65.7 Å². The molecule has 1 radical (unpaired) electrons. The molecule has 395 valence electrons. The molecule has 4 aromatic rings. The molecule has 0 fully saturated rings. The fraction of sp³-hybridized carbons (Fsp3) is 0.667. The van der Waals surface area contributed by atoms with Gasteiger partial charge < -0.3 is 40.8 Å². The Labute approximate surface area is 429 Å². The van der Waals surface area contributed by atoms with Gasteiger partial charge in [0.2, 0.25) is 29.7 Å². The average molecular weight is 981 g/mol. The lowest BCUT2D eigenvalue weighted by atomic mass is 10.1. The molecule has 14 nitrogen and oxygen atoms in total. The van der Waals surface area contributed by atoms with Crippen LogP contribution in [0.2, 0.25) is 0 Å². The normalized spacial score (nSPS) is 11.2. The minimum atomic E-state index is 0.511. The minimum Gasteiger partial charge on any atom is -0.494 e. The molecule has 0 saturated carbocycles. The summed E-state index contributed by atoms with van der Waals surface area (Å²) in [5.74, 6) is 5.19. The van der Waals surface area contributed by atoms with Crippen molar-refractivity contribution in [3.63, 3.8) is 0 Å². The van der Waals surface area contributed by atoms with Crippen molar-refractivity contribution in [1.29, 1.82) is 0 Å². The maximum Gasteiger partial charge on any atom is 0.233 e. The summed E-state index contributed by atoms with van der Waals surface area (Å²) in [7, 11) is 0. The van der Waals surface area contributed by atoms with Gasteiger partial charge in [-0.3, -0.25) is 0 Å². The van der Waals surface area contributed by atoms with E-state index in [0.29, 0.717) is 62.0 Å². The molecule has 0 atom stereocenters. The van der Waals surface area contributed by atoms with Crippen LogP contribution in [0.15, 0.2) is 48.5 Å². The molecular formula is C57H94N11O3. The summed E-state index contributed by atoms with van der Waals surface area (Å²) < 4.78 is 17.9. The molecule has 0 aliphatic carbocycles. The summed E-state index contributed by atoms with van der Waals surface area (Å²) in [5, 5.41) is 17.1. The second-order valence-electron chi connectivity index (χ2n) is 18.8. The molecule has 0 bridgehead atoms. The van der Waals surface area contributed by atoms with Gasteiger partial charge in [-0.05, 0) is 74.2 Å². The topological polar surface area (TPSA) is 165 Å². The second-order valence-corrected chi connectivity index (χ2v) is 18.8. The van der Waals surface area contributed by atoms with Gasteiger partial charge in [0.15, 0.2) is 0 Å². The maximum atomic E-state index is 6.02. The number of benzene rings is 2. The van der Waals surface area contributed by atoms with Crippen LogP contribution in [0.4, 0.5) is 41.1 Å². The SMILES string of the molecule is CCCCCCCC[CH]c1nc(NCCCCCCCC)nc(Nc2ccc(OCCCOCCCOc3ccc(Nc4nc(NCCCCCCCC)nc(NCCCCCCCC)n4)cc3)cc2)n1. The third kappa shape index (κ3) is 28.6. The predicted molar refractivity (Wildman–Crippen MR) is 297 cm³/mol. The minimum absolute atomic E-state index is 0.511. The Morgan fingerprint density at radius 1 is 0.352 bits per heavy atom. The highest BCUT2D eigenvalue weighted by Gasteiger charge is 2.10. The van der Waals surface area contributed by atoms with Crippen molar-refractivity contribution in [2.75, 3.05) is 72.6 Å². The van der Waals surface area contributed by atoms with Crippen LogP contribution in [-0.2, 0) is 4.74 Å². The van der Waals surface area contributed by atoms with Crippen LogP contribution in [0, 0.1) is 6.42 Å². The van der Waals surface area contributed by atoms with Crippen LogP contribution < -0.4 is 36.1 Å². The van der Waals surface area contributed by atoms with E-state index < -0.39 is 0 Å². The lowest BCUT2D eigenvalue weighted by Gasteiger charge is -2.12. The summed E-state index contributed by atoms with van der Waals surface area (Å²) in [6.45, 7) is 13.9. The summed E-state index contributed by atoms with van der Waals surface area (Å²) in [4.78, 5) is 28.2. The van der Waals surface area contributed by atoms with Crippen molar-refractivity contribution >= 4 is 41.1 Å². The van der Waals surface area contributed by atoms with Gasteiger partial charge in [-0.2, -0.15) is 29.9 Å². The standard InChI is InChI=1S/C57H94N11O3/c1-5-9-13-17-21-22-26-32-52-63-53(58-41-27-23-18-14-10-6-2)66-56(64-52)61-48-33-37-50(38-34-48)70-46-30-44-69-45-31-47-71-51-39-35-49(36-40-51)62-57-67-54(59-42-28-24-19-15-11-7-3)65-55(68-57)60-43-29-25-20-16-12-8-4/h32-40H,5-31,41-47H2,1-4H3,(H2,58,61,63,64,66)(H3,59,60,62,65,67,68). The predicted octanol–water partition coefficient (Wildman–Crippen LogP) is 15.4. The summed E-state index contributed by atoms with van der Waals surface area (Å²) >= 11 is 0. The first kappa shape index (κ1) is 58.6. The van der Waals surface area contributed by atoms with E-state index in [1.165, 1.54) is 128 Å².